The molecule has 1 aliphatic rings. The molecule has 2 atom stereocenters. The molecule has 2 N–H and O–H groups in total. The van der Waals surface area contributed by atoms with E-state index in [1.165, 1.54) is 11.8 Å². The molecule has 0 aromatic heterocycles. The van der Waals surface area contributed by atoms with Gasteiger partial charge < -0.3 is 15.4 Å². The van der Waals surface area contributed by atoms with Crippen LogP contribution in [0.25, 0.3) is 0 Å². The van der Waals surface area contributed by atoms with E-state index in [-0.39, 0.29) is 24.3 Å². The lowest BCUT2D eigenvalue weighted by molar-refractivity contribution is -0.122. The van der Waals surface area contributed by atoms with Crippen LogP contribution in [0.4, 0.5) is 5.69 Å². The number of aliphatic imine (C=N–C) groups is 1. The molecule has 0 spiro atoms. The average molecular weight is 335 g/mol. The van der Waals surface area contributed by atoms with Crippen LogP contribution in [0.1, 0.15) is 26.7 Å². The third-order valence-corrected chi connectivity index (χ3v) is 4.55. The summed E-state index contributed by atoms with van der Waals surface area (Å²) in [6.45, 7) is 4.03. The number of hydrogen-bond donors (Lipinski definition) is 2. The van der Waals surface area contributed by atoms with Crippen LogP contribution in [-0.4, -0.2) is 35.4 Å². The lowest BCUT2D eigenvalue weighted by atomic mass is 10.2. The number of rotatable bonds is 6. The van der Waals surface area contributed by atoms with Gasteiger partial charge in [-0.1, -0.05) is 18.7 Å². The summed E-state index contributed by atoms with van der Waals surface area (Å²) < 4.78 is 5.07. The predicted octanol–water partition coefficient (Wildman–Crippen LogP) is 2.41. The topological polar surface area (TPSA) is 79.8 Å². The fourth-order valence-corrected chi connectivity index (χ4v) is 3.02. The van der Waals surface area contributed by atoms with Crippen molar-refractivity contribution in [3.8, 4) is 5.75 Å². The molecule has 2 amide bonds. The first-order valence-corrected chi connectivity index (χ1v) is 8.39. The lowest BCUT2D eigenvalue weighted by Crippen LogP contribution is -2.28. The first-order valence-electron chi connectivity index (χ1n) is 7.51. The Morgan fingerprint density at radius 1 is 1.43 bits per heavy atom. The number of methoxy groups -OCH3 is 1. The van der Waals surface area contributed by atoms with Gasteiger partial charge in [0.2, 0.25) is 11.8 Å². The van der Waals surface area contributed by atoms with Crippen LogP contribution in [0.2, 0.25) is 0 Å². The van der Waals surface area contributed by atoms with E-state index in [0.717, 1.165) is 12.2 Å². The molecule has 23 heavy (non-hydrogen) atoms. The Kier molecular flexibility index (Phi) is 6.04. The van der Waals surface area contributed by atoms with Gasteiger partial charge in [0.1, 0.15) is 11.0 Å². The number of benzene rings is 1. The number of ether oxygens (including phenoxy) is 1. The smallest absolute Gasteiger partial charge is 0.240 e. The highest BCUT2D eigenvalue weighted by molar-refractivity contribution is 8.15. The average Bonchev–Trinajstić information content (AvgIpc) is 2.87. The van der Waals surface area contributed by atoms with Crippen LogP contribution in [0.3, 0.4) is 0 Å². The third-order valence-electron chi connectivity index (χ3n) is 3.45. The van der Waals surface area contributed by atoms with Crippen LogP contribution < -0.4 is 15.4 Å². The molecule has 6 nitrogen and oxygen atoms in total. The molecular formula is C16H21N3O3S. The standard InChI is InChI=1S/C16H21N3O3S/c1-4-10(2)17-16-19-15(21)13(23-16)9-14(20)18-11-5-7-12(22-3)8-6-11/h5-8,10,13H,4,9H2,1-3H3,(H,18,20)(H,17,19,21)/t10-,13+/m0/s1. The molecule has 1 aromatic carbocycles. The van der Waals surface area contributed by atoms with E-state index in [9.17, 15) is 9.59 Å². The molecule has 0 bridgehead atoms. The van der Waals surface area contributed by atoms with Crippen molar-refractivity contribution in [3.05, 3.63) is 24.3 Å². The van der Waals surface area contributed by atoms with E-state index < -0.39 is 5.25 Å². The van der Waals surface area contributed by atoms with Crippen LogP contribution >= 0.6 is 11.8 Å². The largest absolute Gasteiger partial charge is 0.497 e. The summed E-state index contributed by atoms with van der Waals surface area (Å²) in [5.74, 6) is 0.356. The van der Waals surface area contributed by atoms with Crippen molar-refractivity contribution >= 4 is 34.4 Å². The molecule has 0 unspecified atom stereocenters. The Labute approximate surface area is 140 Å². The summed E-state index contributed by atoms with van der Waals surface area (Å²) in [7, 11) is 1.59. The molecule has 1 heterocycles. The van der Waals surface area contributed by atoms with E-state index in [4.69, 9.17) is 4.74 Å². The predicted molar refractivity (Wildman–Crippen MR) is 93.0 cm³/mol. The highest BCUT2D eigenvalue weighted by Gasteiger charge is 2.32. The molecule has 1 aromatic rings. The summed E-state index contributed by atoms with van der Waals surface area (Å²) in [4.78, 5) is 28.4. The van der Waals surface area contributed by atoms with Gasteiger partial charge in [-0.15, -0.1) is 0 Å². The summed E-state index contributed by atoms with van der Waals surface area (Å²) in [5, 5.41) is 5.68. The van der Waals surface area contributed by atoms with Crippen LogP contribution in [-0.2, 0) is 9.59 Å². The van der Waals surface area contributed by atoms with Crippen molar-refractivity contribution in [1.82, 2.24) is 5.32 Å². The fraction of sp³-hybridized carbons (Fsp3) is 0.438. The maximum absolute atomic E-state index is 12.1. The zero-order valence-electron chi connectivity index (χ0n) is 13.5. The Balaban J connectivity index is 1.89. The van der Waals surface area contributed by atoms with E-state index in [1.807, 2.05) is 13.8 Å². The number of amides is 2. The second-order valence-electron chi connectivity index (χ2n) is 5.27. The van der Waals surface area contributed by atoms with Gasteiger partial charge in [0.25, 0.3) is 0 Å². The van der Waals surface area contributed by atoms with E-state index in [2.05, 4.69) is 15.6 Å². The van der Waals surface area contributed by atoms with E-state index in [0.29, 0.717) is 10.9 Å². The summed E-state index contributed by atoms with van der Waals surface area (Å²) >= 11 is 1.32. The molecule has 7 heteroatoms. The summed E-state index contributed by atoms with van der Waals surface area (Å²) in [5.41, 5.74) is 0.674. The monoisotopic (exact) mass is 335 g/mol. The molecule has 1 aliphatic heterocycles. The first-order chi connectivity index (χ1) is 11.0. The minimum atomic E-state index is -0.434. The second kappa shape index (κ2) is 8.01. The molecule has 1 saturated heterocycles. The molecule has 2 rings (SSSR count). The number of nitrogens with zero attached hydrogens (tertiary/aromatic N) is 1. The molecule has 0 radical (unpaired) electrons. The molecule has 1 fully saturated rings. The van der Waals surface area contributed by atoms with Gasteiger partial charge in [-0.2, -0.15) is 0 Å². The number of amidine groups is 1. The van der Waals surface area contributed by atoms with Gasteiger partial charge >= 0.3 is 0 Å². The van der Waals surface area contributed by atoms with Crippen molar-refractivity contribution in [2.24, 2.45) is 4.99 Å². The Morgan fingerprint density at radius 3 is 2.74 bits per heavy atom. The highest BCUT2D eigenvalue weighted by atomic mass is 32.2. The molecular weight excluding hydrogens is 314 g/mol. The van der Waals surface area contributed by atoms with E-state index >= 15 is 0 Å². The van der Waals surface area contributed by atoms with Crippen molar-refractivity contribution in [2.45, 2.75) is 38.0 Å². The van der Waals surface area contributed by atoms with Gasteiger partial charge in [-0.25, -0.2) is 0 Å². The fourth-order valence-electron chi connectivity index (χ4n) is 1.95. The second-order valence-corrected chi connectivity index (χ2v) is 6.46. The van der Waals surface area contributed by atoms with Crippen molar-refractivity contribution in [1.29, 1.82) is 0 Å². The summed E-state index contributed by atoms with van der Waals surface area (Å²) in [6, 6.07) is 7.21. The third kappa shape index (κ3) is 4.99. The SMILES string of the molecule is CC[C@H](C)N=C1NC(=O)[C@@H](CC(=O)Nc2ccc(OC)cc2)S1. The highest BCUT2D eigenvalue weighted by Crippen LogP contribution is 2.24. The van der Waals surface area contributed by atoms with Crippen molar-refractivity contribution < 1.29 is 14.3 Å². The Morgan fingerprint density at radius 2 is 2.13 bits per heavy atom. The maximum Gasteiger partial charge on any atom is 0.240 e. The van der Waals surface area contributed by atoms with Crippen LogP contribution in [0.15, 0.2) is 29.3 Å². The number of carbonyl (C=O) groups excluding carboxylic acids is 2. The number of hydrogen-bond acceptors (Lipinski definition) is 5. The van der Waals surface area contributed by atoms with Crippen molar-refractivity contribution in [2.75, 3.05) is 12.4 Å². The molecule has 124 valence electrons. The zero-order valence-corrected chi connectivity index (χ0v) is 14.3. The number of thioether (sulfide) groups is 1. The first kappa shape index (κ1) is 17.3. The van der Waals surface area contributed by atoms with Crippen LogP contribution in [0, 0.1) is 0 Å². The van der Waals surface area contributed by atoms with Crippen LogP contribution in [0.5, 0.6) is 5.75 Å². The normalized spacial score (nSPS) is 20.2. The Bertz CT molecular complexity index is 601. The molecule has 0 saturated carbocycles. The number of anilines is 1. The lowest BCUT2D eigenvalue weighted by Gasteiger charge is -2.08. The minimum Gasteiger partial charge on any atom is -0.497 e. The molecule has 0 aliphatic carbocycles. The van der Waals surface area contributed by atoms with Gasteiger partial charge in [0, 0.05) is 18.2 Å². The number of carbonyl (C=O) groups is 2. The number of nitrogens with one attached hydrogen (secondary N) is 2. The van der Waals surface area contributed by atoms with Gasteiger partial charge in [-0.3, -0.25) is 14.6 Å². The Hall–Kier alpha value is -2.02. The minimum absolute atomic E-state index is 0.113. The van der Waals surface area contributed by atoms with E-state index in [1.54, 1.807) is 31.4 Å². The van der Waals surface area contributed by atoms with Gasteiger partial charge in [-0.05, 0) is 37.6 Å². The maximum atomic E-state index is 12.1. The van der Waals surface area contributed by atoms with Gasteiger partial charge in [0.05, 0.1) is 7.11 Å². The summed E-state index contributed by atoms with van der Waals surface area (Å²) in [6.07, 6.45) is 1.02. The zero-order chi connectivity index (χ0) is 16.8. The van der Waals surface area contributed by atoms with Gasteiger partial charge in [0.15, 0.2) is 5.17 Å². The quantitative estimate of drug-likeness (QED) is 0.837. The van der Waals surface area contributed by atoms with Crippen molar-refractivity contribution in [3.63, 3.8) is 0 Å².